The number of rotatable bonds is 1. The van der Waals surface area contributed by atoms with E-state index in [2.05, 4.69) is 21.2 Å². The Bertz CT molecular complexity index is 726. The van der Waals surface area contributed by atoms with Gasteiger partial charge in [0.1, 0.15) is 5.82 Å². The summed E-state index contributed by atoms with van der Waals surface area (Å²) < 4.78 is 13.4. The molecule has 1 aromatic heterocycles. The summed E-state index contributed by atoms with van der Waals surface area (Å²) in [5.74, 6) is 0.210. The molecule has 2 fully saturated rings. The molecule has 3 atom stereocenters. The summed E-state index contributed by atoms with van der Waals surface area (Å²) in [5.41, 5.74) is 9.21. The second-order valence-corrected chi connectivity index (χ2v) is 5.90. The molecule has 3 unspecified atom stereocenters. The molecule has 4 rings (SSSR count). The number of amides is 1. The van der Waals surface area contributed by atoms with Gasteiger partial charge in [-0.1, -0.05) is 0 Å². The SMILES string of the molecule is Cc1c(C2CC(=O)NC3NNCC32)[nH]c2ccc(F)cc12. The van der Waals surface area contributed by atoms with Gasteiger partial charge in [0.05, 0.1) is 6.17 Å². The van der Waals surface area contributed by atoms with Crippen LogP contribution in [0.1, 0.15) is 23.6 Å². The van der Waals surface area contributed by atoms with Gasteiger partial charge in [-0.15, -0.1) is 0 Å². The Hall–Kier alpha value is -1.92. The number of aryl methyl sites for hydroxylation is 1. The molecule has 5 nitrogen and oxygen atoms in total. The molecule has 3 heterocycles. The number of aromatic amines is 1. The van der Waals surface area contributed by atoms with Gasteiger partial charge in [0, 0.05) is 41.4 Å². The minimum atomic E-state index is -0.236. The van der Waals surface area contributed by atoms with E-state index in [4.69, 9.17) is 0 Å². The topological polar surface area (TPSA) is 69.0 Å². The van der Waals surface area contributed by atoms with Crippen molar-refractivity contribution in [2.24, 2.45) is 5.92 Å². The van der Waals surface area contributed by atoms with E-state index in [9.17, 15) is 9.18 Å². The quantitative estimate of drug-likeness (QED) is 0.639. The van der Waals surface area contributed by atoms with Crippen molar-refractivity contribution in [3.63, 3.8) is 0 Å². The van der Waals surface area contributed by atoms with E-state index in [-0.39, 0.29) is 23.8 Å². The zero-order valence-corrected chi connectivity index (χ0v) is 11.7. The third kappa shape index (κ3) is 1.94. The Kier molecular flexibility index (Phi) is 2.77. The van der Waals surface area contributed by atoms with Gasteiger partial charge in [0.2, 0.25) is 5.91 Å². The van der Waals surface area contributed by atoms with Crippen LogP contribution in [0.2, 0.25) is 0 Å². The van der Waals surface area contributed by atoms with Crippen LogP contribution in [0.4, 0.5) is 4.39 Å². The molecule has 1 amide bonds. The van der Waals surface area contributed by atoms with Gasteiger partial charge in [-0.2, -0.15) is 0 Å². The molecule has 0 bridgehead atoms. The third-order valence-corrected chi connectivity index (χ3v) is 4.69. The first-order valence-corrected chi connectivity index (χ1v) is 7.19. The van der Waals surface area contributed by atoms with Gasteiger partial charge in [0.25, 0.3) is 0 Å². The maximum Gasteiger partial charge on any atom is 0.221 e. The van der Waals surface area contributed by atoms with Crippen molar-refractivity contribution in [1.29, 1.82) is 0 Å². The van der Waals surface area contributed by atoms with Crippen molar-refractivity contribution in [1.82, 2.24) is 21.2 Å². The normalized spacial score (nSPS) is 28.7. The van der Waals surface area contributed by atoms with Crippen LogP contribution in [0.5, 0.6) is 0 Å². The molecule has 2 aromatic rings. The zero-order chi connectivity index (χ0) is 14.6. The predicted molar refractivity (Wildman–Crippen MR) is 76.9 cm³/mol. The van der Waals surface area contributed by atoms with Crippen LogP contribution in [0.15, 0.2) is 18.2 Å². The second kappa shape index (κ2) is 4.54. The molecule has 110 valence electrons. The molecule has 0 spiro atoms. The van der Waals surface area contributed by atoms with Crippen molar-refractivity contribution in [3.8, 4) is 0 Å². The van der Waals surface area contributed by atoms with E-state index in [1.807, 2.05) is 6.92 Å². The number of hydrogen-bond donors (Lipinski definition) is 4. The lowest BCUT2D eigenvalue weighted by Crippen LogP contribution is -2.52. The molecule has 2 aliphatic rings. The minimum Gasteiger partial charge on any atom is -0.358 e. The number of carbonyl (C=O) groups is 1. The van der Waals surface area contributed by atoms with Gasteiger partial charge in [0.15, 0.2) is 0 Å². The van der Waals surface area contributed by atoms with Crippen LogP contribution >= 0.6 is 0 Å². The number of fused-ring (bicyclic) bond motifs is 2. The molecule has 2 saturated heterocycles. The zero-order valence-electron chi connectivity index (χ0n) is 11.7. The molecule has 2 aliphatic heterocycles. The van der Waals surface area contributed by atoms with Crippen molar-refractivity contribution in [3.05, 3.63) is 35.3 Å². The number of H-pyrrole nitrogens is 1. The lowest BCUT2D eigenvalue weighted by Gasteiger charge is -2.32. The molecule has 6 heteroatoms. The lowest BCUT2D eigenvalue weighted by atomic mass is 9.81. The van der Waals surface area contributed by atoms with Crippen LogP contribution in [0.3, 0.4) is 0 Å². The van der Waals surface area contributed by atoms with Crippen molar-refractivity contribution in [2.45, 2.75) is 25.4 Å². The summed E-state index contributed by atoms with van der Waals surface area (Å²) >= 11 is 0. The first-order chi connectivity index (χ1) is 10.1. The molecule has 0 radical (unpaired) electrons. The first-order valence-electron chi connectivity index (χ1n) is 7.19. The van der Waals surface area contributed by atoms with E-state index in [1.54, 1.807) is 12.1 Å². The Labute approximate surface area is 121 Å². The molecule has 0 aliphatic carbocycles. The highest BCUT2D eigenvalue weighted by molar-refractivity contribution is 5.85. The standard InChI is InChI=1S/C15H17FN4O/c1-7-9-4-8(16)2-3-12(9)18-14(7)10-5-13(21)19-15-11(10)6-17-20-15/h2-4,10-11,15,17-18,20H,5-6H2,1H3,(H,19,21). The monoisotopic (exact) mass is 288 g/mol. The van der Waals surface area contributed by atoms with Crippen LogP contribution in [-0.4, -0.2) is 23.6 Å². The first kappa shape index (κ1) is 12.8. The fourth-order valence-electron chi connectivity index (χ4n) is 3.62. The van der Waals surface area contributed by atoms with Crippen molar-refractivity contribution in [2.75, 3.05) is 6.54 Å². The maximum atomic E-state index is 13.4. The smallest absolute Gasteiger partial charge is 0.221 e. The maximum absolute atomic E-state index is 13.4. The molecule has 1 aromatic carbocycles. The highest BCUT2D eigenvalue weighted by atomic mass is 19.1. The molecule has 0 saturated carbocycles. The fourth-order valence-corrected chi connectivity index (χ4v) is 3.62. The summed E-state index contributed by atoms with van der Waals surface area (Å²) in [4.78, 5) is 15.3. The largest absolute Gasteiger partial charge is 0.358 e. The van der Waals surface area contributed by atoms with Crippen LogP contribution in [0, 0.1) is 18.7 Å². The highest BCUT2D eigenvalue weighted by Crippen LogP contribution is 2.37. The number of carbonyl (C=O) groups excluding carboxylic acids is 1. The fraction of sp³-hybridized carbons (Fsp3) is 0.400. The van der Waals surface area contributed by atoms with Crippen LogP contribution in [0.25, 0.3) is 10.9 Å². The molecular weight excluding hydrogens is 271 g/mol. The number of piperidine rings is 1. The lowest BCUT2D eigenvalue weighted by molar-refractivity contribution is -0.124. The Morgan fingerprint density at radius 1 is 1.33 bits per heavy atom. The summed E-state index contributed by atoms with van der Waals surface area (Å²) in [7, 11) is 0. The Morgan fingerprint density at radius 2 is 2.19 bits per heavy atom. The third-order valence-electron chi connectivity index (χ3n) is 4.69. The highest BCUT2D eigenvalue weighted by Gasteiger charge is 2.41. The second-order valence-electron chi connectivity index (χ2n) is 5.90. The van der Waals surface area contributed by atoms with E-state index < -0.39 is 0 Å². The van der Waals surface area contributed by atoms with Gasteiger partial charge in [-0.3, -0.25) is 10.2 Å². The average Bonchev–Trinajstić information content (AvgIpc) is 3.03. The molecule has 21 heavy (non-hydrogen) atoms. The van der Waals surface area contributed by atoms with Crippen LogP contribution in [-0.2, 0) is 4.79 Å². The van der Waals surface area contributed by atoms with Gasteiger partial charge >= 0.3 is 0 Å². The average molecular weight is 288 g/mol. The van der Waals surface area contributed by atoms with Crippen LogP contribution < -0.4 is 16.2 Å². The summed E-state index contributed by atoms with van der Waals surface area (Å²) in [6.45, 7) is 2.80. The Balaban J connectivity index is 1.81. The number of hydrogen-bond acceptors (Lipinski definition) is 3. The number of aromatic nitrogens is 1. The van der Waals surface area contributed by atoms with E-state index in [1.165, 1.54) is 6.07 Å². The minimum absolute atomic E-state index is 0.0428. The van der Waals surface area contributed by atoms with Crippen molar-refractivity contribution >= 4 is 16.8 Å². The number of benzene rings is 1. The summed E-state index contributed by atoms with van der Waals surface area (Å²) in [6, 6.07) is 4.76. The number of halogens is 1. The molecule has 4 N–H and O–H groups in total. The number of nitrogens with one attached hydrogen (secondary N) is 4. The predicted octanol–water partition coefficient (Wildman–Crippen LogP) is 1.27. The summed E-state index contributed by atoms with van der Waals surface area (Å²) in [6.07, 6.45) is 0.416. The van der Waals surface area contributed by atoms with Crippen molar-refractivity contribution < 1.29 is 9.18 Å². The van der Waals surface area contributed by atoms with E-state index in [0.717, 1.165) is 28.7 Å². The van der Waals surface area contributed by atoms with E-state index in [0.29, 0.717) is 12.3 Å². The summed E-state index contributed by atoms with van der Waals surface area (Å²) in [5, 5.41) is 3.85. The van der Waals surface area contributed by atoms with Gasteiger partial charge in [-0.05, 0) is 30.7 Å². The van der Waals surface area contributed by atoms with Gasteiger partial charge in [-0.25, -0.2) is 9.82 Å². The Morgan fingerprint density at radius 3 is 3.05 bits per heavy atom. The molecular formula is C15H17FN4O. The number of hydrazine groups is 1. The van der Waals surface area contributed by atoms with E-state index >= 15 is 0 Å². The van der Waals surface area contributed by atoms with Gasteiger partial charge < -0.3 is 10.3 Å².